The number of nitrogens with zero attached hydrogens (tertiary/aromatic N) is 4. The number of ether oxygens (including phenoxy) is 2. The average Bonchev–Trinajstić information content (AvgIpc) is 2.95. The van der Waals surface area contributed by atoms with E-state index < -0.39 is 0 Å². The molecule has 3 rings (SSSR count). The van der Waals surface area contributed by atoms with Gasteiger partial charge in [0, 0.05) is 25.9 Å². The maximum Gasteiger partial charge on any atom is 0.245 e. The van der Waals surface area contributed by atoms with Gasteiger partial charge in [0.2, 0.25) is 5.95 Å². The van der Waals surface area contributed by atoms with Gasteiger partial charge in [0.15, 0.2) is 5.79 Å². The fraction of sp³-hybridized carbons (Fsp3) is 0.786. The smallest absolute Gasteiger partial charge is 0.245 e. The summed E-state index contributed by atoms with van der Waals surface area (Å²) in [6.07, 6.45) is 3.52. The van der Waals surface area contributed by atoms with Crippen LogP contribution in [-0.4, -0.2) is 47.3 Å². The Hall–Kier alpha value is -1.27. The van der Waals surface area contributed by atoms with Gasteiger partial charge in [-0.15, -0.1) is 5.10 Å². The number of aromatic nitrogens is 3. The van der Waals surface area contributed by atoms with E-state index in [1.807, 2.05) is 0 Å². The molecule has 6 heteroatoms. The van der Waals surface area contributed by atoms with E-state index in [2.05, 4.69) is 33.9 Å². The van der Waals surface area contributed by atoms with Crippen molar-refractivity contribution in [1.82, 2.24) is 15.2 Å². The van der Waals surface area contributed by atoms with Gasteiger partial charge in [-0.25, -0.2) is 4.98 Å². The highest BCUT2D eigenvalue weighted by atomic mass is 16.7. The molecule has 0 N–H and O–H groups in total. The predicted molar refractivity (Wildman–Crippen MR) is 74.7 cm³/mol. The number of rotatable bonds is 3. The Morgan fingerprint density at radius 2 is 1.65 bits per heavy atom. The molecule has 0 radical (unpaired) electrons. The molecule has 0 saturated carbocycles. The summed E-state index contributed by atoms with van der Waals surface area (Å²) in [5, 5.41) is 8.60. The first-order chi connectivity index (χ1) is 9.76. The number of hydrogen-bond donors (Lipinski definition) is 0. The maximum absolute atomic E-state index is 5.74. The molecule has 1 aromatic rings. The zero-order valence-electron chi connectivity index (χ0n) is 12.3. The van der Waals surface area contributed by atoms with Crippen LogP contribution in [0.5, 0.6) is 0 Å². The fourth-order valence-electron chi connectivity index (χ4n) is 2.90. The van der Waals surface area contributed by atoms with Crippen molar-refractivity contribution in [3.63, 3.8) is 0 Å². The second-order valence-corrected chi connectivity index (χ2v) is 5.31. The largest absolute Gasteiger partial charge is 0.347 e. The lowest BCUT2D eigenvalue weighted by atomic mass is 10.0. The minimum Gasteiger partial charge on any atom is -0.347 e. The van der Waals surface area contributed by atoms with E-state index in [0.717, 1.165) is 56.1 Å². The van der Waals surface area contributed by atoms with E-state index in [1.54, 1.807) is 0 Å². The highest BCUT2D eigenvalue weighted by Crippen LogP contribution is 2.32. The Labute approximate surface area is 119 Å². The van der Waals surface area contributed by atoms with Crippen molar-refractivity contribution in [3.8, 4) is 0 Å². The van der Waals surface area contributed by atoms with E-state index in [-0.39, 0.29) is 5.79 Å². The average molecular weight is 278 g/mol. The lowest BCUT2D eigenvalue weighted by molar-refractivity contribution is -0.169. The number of aryl methyl sites for hydroxylation is 2. The number of piperidine rings is 1. The van der Waals surface area contributed by atoms with Gasteiger partial charge in [-0.05, 0) is 12.8 Å². The summed E-state index contributed by atoms with van der Waals surface area (Å²) < 4.78 is 11.5. The summed E-state index contributed by atoms with van der Waals surface area (Å²) in [6, 6.07) is 0. The normalized spacial score (nSPS) is 21.6. The summed E-state index contributed by atoms with van der Waals surface area (Å²) in [6.45, 7) is 7.33. The fourth-order valence-corrected chi connectivity index (χ4v) is 2.90. The third-order valence-corrected chi connectivity index (χ3v) is 4.12. The zero-order chi connectivity index (χ0) is 14.0. The molecular weight excluding hydrogens is 256 g/mol. The molecule has 0 bridgehead atoms. The summed E-state index contributed by atoms with van der Waals surface area (Å²) in [5.74, 6) is 0.396. The second kappa shape index (κ2) is 5.61. The summed E-state index contributed by atoms with van der Waals surface area (Å²) in [4.78, 5) is 6.85. The zero-order valence-corrected chi connectivity index (χ0v) is 12.3. The van der Waals surface area contributed by atoms with Gasteiger partial charge in [0.05, 0.1) is 24.6 Å². The standard InChI is InChI=1S/C14H22N4O2/c1-3-11-12(4-2)16-17-13(15-11)18-7-5-14(6-8-18)19-9-10-20-14/h3-10H2,1-2H3. The van der Waals surface area contributed by atoms with Crippen molar-refractivity contribution >= 4 is 5.95 Å². The molecule has 2 saturated heterocycles. The molecule has 0 aliphatic carbocycles. The Morgan fingerprint density at radius 3 is 2.25 bits per heavy atom. The first kappa shape index (κ1) is 13.7. The van der Waals surface area contributed by atoms with Crippen molar-refractivity contribution in [2.24, 2.45) is 0 Å². The highest BCUT2D eigenvalue weighted by Gasteiger charge is 2.40. The molecule has 1 spiro atoms. The molecule has 0 aromatic carbocycles. The molecule has 110 valence electrons. The van der Waals surface area contributed by atoms with E-state index in [4.69, 9.17) is 9.47 Å². The number of anilines is 1. The maximum atomic E-state index is 5.74. The van der Waals surface area contributed by atoms with Crippen molar-refractivity contribution in [1.29, 1.82) is 0 Å². The molecule has 0 amide bonds. The first-order valence-corrected chi connectivity index (χ1v) is 7.51. The van der Waals surface area contributed by atoms with Crippen LogP contribution < -0.4 is 4.90 Å². The molecule has 1 aromatic heterocycles. The Balaban J connectivity index is 1.71. The van der Waals surface area contributed by atoms with E-state index in [1.165, 1.54) is 0 Å². The molecule has 6 nitrogen and oxygen atoms in total. The van der Waals surface area contributed by atoms with Crippen LogP contribution in [0.25, 0.3) is 0 Å². The van der Waals surface area contributed by atoms with Crippen molar-refractivity contribution in [2.75, 3.05) is 31.2 Å². The molecule has 2 aliphatic heterocycles. The van der Waals surface area contributed by atoms with E-state index >= 15 is 0 Å². The Morgan fingerprint density at radius 1 is 1.00 bits per heavy atom. The molecule has 2 aliphatic rings. The highest BCUT2D eigenvalue weighted by molar-refractivity contribution is 5.31. The van der Waals surface area contributed by atoms with Crippen molar-refractivity contribution in [2.45, 2.75) is 45.3 Å². The summed E-state index contributed by atoms with van der Waals surface area (Å²) >= 11 is 0. The van der Waals surface area contributed by atoms with Crippen LogP contribution in [0, 0.1) is 0 Å². The number of hydrogen-bond acceptors (Lipinski definition) is 6. The second-order valence-electron chi connectivity index (χ2n) is 5.31. The van der Waals surface area contributed by atoms with Gasteiger partial charge in [0.25, 0.3) is 0 Å². The summed E-state index contributed by atoms with van der Waals surface area (Å²) in [5.41, 5.74) is 2.07. The quantitative estimate of drug-likeness (QED) is 0.831. The van der Waals surface area contributed by atoms with Gasteiger partial charge < -0.3 is 14.4 Å². The topological polar surface area (TPSA) is 60.4 Å². The van der Waals surface area contributed by atoms with Crippen molar-refractivity contribution in [3.05, 3.63) is 11.4 Å². The molecule has 0 unspecified atom stereocenters. The monoisotopic (exact) mass is 278 g/mol. The van der Waals surface area contributed by atoms with Crippen LogP contribution in [0.15, 0.2) is 0 Å². The molecule has 3 heterocycles. The Bertz CT molecular complexity index is 464. The molecule has 20 heavy (non-hydrogen) atoms. The van der Waals surface area contributed by atoms with Gasteiger partial charge in [0.1, 0.15) is 0 Å². The SMILES string of the molecule is CCc1nnc(N2CCC3(CC2)OCCO3)nc1CC. The molecule has 0 atom stereocenters. The van der Waals surface area contributed by atoms with Gasteiger partial charge in [-0.3, -0.25) is 0 Å². The van der Waals surface area contributed by atoms with Crippen LogP contribution in [0.1, 0.15) is 38.1 Å². The third-order valence-electron chi connectivity index (χ3n) is 4.12. The van der Waals surface area contributed by atoms with E-state index in [0.29, 0.717) is 13.2 Å². The van der Waals surface area contributed by atoms with Crippen LogP contribution in [0.4, 0.5) is 5.95 Å². The summed E-state index contributed by atoms with van der Waals surface area (Å²) in [7, 11) is 0. The van der Waals surface area contributed by atoms with Crippen LogP contribution in [-0.2, 0) is 22.3 Å². The molecular formula is C14H22N4O2. The van der Waals surface area contributed by atoms with Crippen LogP contribution >= 0.6 is 0 Å². The Kier molecular flexibility index (Phi) is 3.85. The van der Waals surface area contributed by atoms with E-state index in [9.17, 15) is 0 Å². The van der Waals surface area contributed by atoms with Crippen LogP contribution in [0.3, 0.4) is 0 Å². The lowest BCUT2D eigenvalue weighted by Gasteiger charge is -2.37. The van der Waals surface area contributed by atoms with Gasteiger partial charge in [-0.1, -0.05) is 13.8 Å². The van der Waals surface area contributed by atoms with Gasteiger partial charge in [-0.2, -0.15) is 5.10 Å². The van der Waals surface area contributed by atoms with Crippen LogP contribution in [0.2, 0.25) is 0 Å². The third kappa shape index (κ3) is 2.50. The van der Waals surface area contributed by atoms with Crippen molar-refractivity contribution < 1.29 is 9.47 Å². The van der Waals surface area contributed by atoms with Gasteiger partial charge >= 0.3 is 0 Å². The molecule has 2 fully saturated rings. The minimum atomic E-state index is -0.346. The predicted octanol–water partition coefficient (Wildman–Crippen LogP) is 1.34. The lowest BCUT2D eigenvalue weighted by Crippen LogP contribution is -2.45. The minimum absolute atomic E-state index is 0.346. The first-order valence-electron chi connectivity index (χ1n) is 7.51.